The van der Waals surface area contributed by atoms with Crippen LogP contribution in [-0.4, -0.2) is 9.97 Å². The van der Waals surface area contributed by atoms with Gasteiger partial charge in [-0.15, -0.1) is 0 Å². The highest BCUT2D eigenvalue weighted by Gasteiger charge is 2.17. The third-order valence-corrected chi connectivity index (χ3v) is 3.46. The second kappa shape index (κ2) is 3.81. The van der Waals surface area contributed by atoms with Crippen LogP contribution in [0.15, 0.2) is 33.2 Å². The van der Waals surface area contributed by atoms with E-state index in [9.17, 15) is 0 Å². The molecule has 2 aromatic heterocycles. The normalized spacial score (nSPS) is 11.8. The number of hydrogen-bond acceptors (Lipinski definition) is 3. The van der Waals surface area contributed by atoms with E-state index in [1.54, 1.807) is 0 Å². The molecule has 86 valence electrons. The molecule has 0 bridgehead atoms. The van der Waals surface area contributed by atoms with Gasteiger partial charge in [0.25, 0.3) is 0 Å². The molecule has 0 unspecified atom stereocenters. The second-order valence-electron chi connectivity index (χ2n) is 4.30. The van der Waals surface area contributed by atoms with Crippen LogP contribution in [0.1, 0.15) is 25.5 Å². The van der Waals surface area contributed by atoms with Crippen molar-refractivity contribution in [3.05, 3.63) is 34.5 Å². The Labute approximate surface area is 107 Å². The summed E-state index contributed by atoms with van der Waals surface area (Å²) in [6.07, 6.45) is 0. The maximum atomic E-state index is 5.75. The molecule has 0 atom stereocenters. The van der Waals surface area contributed by atoms with Gasteiger partial charge in [-0.2, -0.15) is 0 Å². The summed E-state index contributed by atoms with van der Waals surface area (Å²) in [7, 11) is 0. The van der Waals surface area contributed by atoms with Crippen molar-refractivity contribution >= 4 is 38.2 Å². The number of aromatic nitrogens is 2. The fourth-order valence-electron chi connectivity index (χ4n) is 1.83. The SMILES string of the molecule is CC(C)c1oc2nc3ccccc3nc2c1Br. The van der Waals surface area contributed by atoms with Crippen LogP contribution < -0.4 is 0 Å². The van der Waals surface area contributed by atoms with Crippen molar-refractivity contribution in [1.29, 1.82) is 0 Å². The molecule has 0 N–H and O–H groups in total. The molecule has 0 aliphatic carbocycles. The Kier molecular flexibility index (Phi) is 2.40. The van der Waals surface area contributed by atoms with E-state index in [-0.39, 0.29) is 0 Å². The highest BCUT2D eigenvalue weighted by Crippen LogP contribution is 2.33. The smallest absolute Gasteiger partial charge is 0.247 e. The van der Waals surface area contributed by atoms with E-state index in [2.05, 4.69) is 39.7 Å². The Morgan fingerprint density at radius 3 is 2.41 bits per heavy atom. The summed E-state index contributed by atoms with van der Waals surface area (Å²) in [6, 6.07) is 7.80. The minimum atomic E-state index is 0.309. The van der Waals surface area contributed by atoms with Crippen molar-refractivity contribution in [3.63, 3.8) is 0 Å². The van der Waals surface area contributed by atoms with Gasteiger partial charge in [-0.1, -0.05) is 26.0 Å². The number of benzene rings is 1. The molecule has 2 heterocycles. The van der Waals surface area contributed by atoms with E-state index in [0.717, 1.165) is 26.8 Å². The first-order chi connectivity index (χ1) is 8.16. The van der Waals surface area contributed by atoms with Crippen LogP contribution in [0, 0.1) is 0 Å². The molecule has 0 aliphatic heterocycles. The minimum absolute atomic E-state index is 0.309. The molecule has 0 saturated heterocycles. The molecule has 3 aromatic rings. The van der Waals surface area contributed by atoms with Crippen LogP contribution in [-0.2, 0) is 0 Å². The molecule has 0 spiro atoms. The van der Waals surface area contributed by atoms with Crippen molar-refractivity contribution in [2.75, 3.05) is 0 Å². The topological polar surface area (TPSA) is 38.9 Å². The van der Waals surface area contributed by atoms with E-state index >= 15 is 0 Å². The van der Waals surface area contributed by atoms with Crippen LogP contribution in [0.25, 0.3) is 22.3 Å². The van der Waals surface area contributed by atoms with Gasteiger partial charge in [0.15, 0.2) is 0 Å². The number of rotatable bonds is 1. The fraction of sp³-hybridized carbons (Fsp3) is 0.231. The third-order valence-electron chi connectivity index (χ3n) is 2.69. The van der Waals surface area contributed by atoms with Gasteiger partial charge in [0.05, 0.1) is 15.5 Å². The van der Waals surface area contributed by atoms with Gasteiger partial charge in [0, 0.05) is 5.92 Å². The van der Waals surface area contributed by atoms with Crippen LogP contribution in [0.3, 0.4) is 0 Å². The summed E-state index contributed by atoms with van der Waals surface area (Å²) in [5.41, 5.74) is 3.14. The highest BCUT2D eigenvalue weighted by molar-refractivity contribution is 9.10. The zero-order chi connectivity index (χ0) is 12.0. The van der Waals surface area contributed by atoms with E-state index in [0.29, 0.717) is 11.6 Å². The van der Waals surface area contributed by atoms with Crippen molar-refractivity contribution < 1.29 is 4.42 Å². The number of fused-ring (bicyclic) bond motifs is 2. The lowest BCUT2D eigenvalue weighted by molar-refractivity contribution is 0.511. The Hall–Kier alpha value is -1.42. The molecule has 0 saturated carbocycles. The molecule has 0 amide bonds. The quantitative estimate of drug-likeness (QED) is 0.672. The van der Waals surface area contributed by atoms with Crippen molar-refractivity contribution in [2.24, 2.45) is 0 Å². The van der Waals surface area contributed by atoms with Gasteiger partial charge in [-0.25, -0.2) is 9.97 Å². The Balaban J connectivity index is 2.40. The molecule has 3 nitrogen and oxygen atoms in total. The lowest BCUT2D eigenvalue weighted by Crippen LogP contribution is -1.84. The molecular formula is C13H11BrN2O. The van der Waals surface area contributed by atoms with Crippen LogP contribution in [0.4, 0.5) is 0 Å². The lowest BCUT2D eigenvalue weighted by Gasteiger charge is -1.97. The highest BCUT2D eigenvalue weighted by atomic mass is 79.9. The van der Waals surface area contributed by atoms with Crippen LogP contribution in [0.5, 0.6) is 0 Å². The molecule has 0 fully saturated rings. The van der Waals surface area contributed by atoms with Gasteiger partial charge in [-0.3, -0.25) is 0 Å². The van der Waals surface area contributed by atoms with Gasteiger partial charge in [0.1, 0.15) is 11.3 Å². The average Bonchev–Trinajstić information content (AvgIpc) is 2.64. The maximum Gasteiger partial charge on any atom is 0.247 e. The van der Waals surface area contributed by atoms with E-state index in [4.69, 9.17) is 4.42 Å². The first kappa shape index (κ1) is 10.7. The number of furan rings is 1. The summed E-state index contributed by atoms with van der Waals surface area (Å²) in [4.78, 5) is 9.06. The predicted molar refractivity (Wildman–Crippen MR) is 71.1 cm³/mol. The van der Waals surface area contributed by atoms with Crippen molar-refractivity contribution in [3.8, 4) is 0 Å². The van der Waals surface area contributed by atoms with E-state index < -0.39 is 0 Å². The minimum Gasteiger partial charge on any atom is -0.440 e. The van der Waals surface area contributed by atoms with Crippen LogP contribution in [0.2, 0.25) is 0 Å². The molecule has 3 rings (SSSR count). The van der Waals surface area contributed by atoms with Gasteiger partial charge < -0.3 is 4.42 Å². The molecule has 1 aromatic carbocycles. The van der Waals surface area contributed by atoms with Gasteiger partial charge in [-0.05, 0) is 28.1 Å². The Bertz CT molecular complexity index is 703. The molecule has 0 aliphatic rings. The largest absolute Gasteiger partial charge is 0.440 e. The maximum absolute atomic E-state index is 5.75. The monoisotopic (exact) mass is 290 g/mol. The standard InChI is InChI=1S/C13H11BrN2O/c1-7(2)12-10(14)11-13(17-12)16-9-6-4-3-5-8(9)15-11/h3-7H,1-2H3. The fourth-order valence-corrected chi connectivity index (χ4v) is 2.63. The number of para-hydroxylation sites is 2. The lowest BCUT2D eigenvalue weighted by atomic mass is 10.1. The summed E-state index contributed by atoms with van der Waals surface area (Å²) < 4.78 is 6.67. The van der Waals surface area contributed by atoms with Crippen LogP contribution >= 0.6 is 15.9 Å². The number of nitrogens with zero attached hydrogens (tertiary/aromatic N) is 2. The van der Waals surface area contributed by atoms with Gasteiger partial charge in [0.2, 0.25) is 5.71 Å². The number of hydrogen-bond donors (Lipinski definition) is 0. The zero-order valence-electron chi connectivity index (χ0n) is 9.57. The van der Waals surface area contributed by atoms with E-state index in [1.165, 1.54) is 0 Å². The molecule has 4 heteroatoms. The molecule has 0 radical (unpaired) electrons. The first-order valence-corrected chi connectivity index (χ1v) is 6.31. The van der Waals surface area contributed by atoms with Gasteiger partial charge >= 0.3 is 0 Å². The summed E-state index contributed by atoms with van der Waals surface area (Å²) in [5.74, 6) is 1.21. The average molecular weight is 291 g/mol. The zero-order valence-corrected chi connectivity index (χ0v) is 11.2. The third kappa shape index (κ3) is 1.63. The predicted octanol–water partition coefficient (Wildman–Crippen LogP) is 4.26. The summed E-state index contributed by atoms with van der Waals surface area (Å²) in [5, 5.41) is 0. The Morgan fingerprint density at radius 2 is 1.76 bits per heavy atom. The van der Waals surface area contributed by atoms with E-state index in [1.807, 2.05) is 24.3 Å². The van der Waals surface area contributed by atoms with Crippen molar-refractivity contribution in [1.82, 2.24) is 9.97 Å². The molecular weight excluding hydrogens is 280 g/mol. The van der Waals surface area contributed by atoms with Crippen molar-refractivity contribution in [2.45, 2.75) is 19.8 Å². The summed E-state index contributed by atoms with van der Waals surface area (Å²) in [6.45, 7) is 4.17. The second-order valence-corrected chi connectivity index (χ2v) is 5.09. The summed E-state index contributed by atoms with van der Waals surface area (Å²) >= 11 is 3.54. The molecule has 17 heavy (non-hydrogen) atoms. The Morgan fingerprint density at radius 1 is 1.12 bits per heavy atom. The number of halogens is 1. The first-order valence-electron chi connectivity index (χ1n) is 5.51.